The summed E-state index contributed by atoms with van der Waals surface area (Å²) in [5.74, 6) is 1.41. The van der Waals surface area contributed by atoms with Gasteiger partial charge in [0.05, 0.1) is 23.4 Å². The van der Waals surface area contributed by atoms with Crippen LogP contribution in [-0.4, -0.2) is 21.3 Å². The Morgan fingerprint density at radius 2 is 1.97 bits per heavy atom. The number of ether oxygens (including phenoxy) is 1. The number of nitrogens with zero attached hydrogens (tertiary/aromatic N) is 2. The van der Waals surface area contributed by atoms with Gasteiger partial charge in [0.15, 0.2) is 0 Å². The van der Waals surface area contributed by atoms with Crippen molar-refractivity contribution in [3.05, 3.63) is 83.4 Å². The van der Waals surface area contributed by atoms with Crippen LogP contribution >= 0.6 is 0 Å². The van der Waals surface area contributed by atoms with E-state index < -0.39 is 0 Å². The van der Waals surface area contributed by atoms with Crippen LogP contribution in [0, 0.1) is 13.8 Å². The van der Waals surface area contributed by atoms with Crippen LogP contribution in [0.15, 0.2) is 65.3 Å². The first-order valence-corrected chi connectivity index (χ1v) is 9.61. The van der Waals surface area contributed by atoms with Gasteiger partial charge < -0.3 is 14.6 Å². The molecule has 2 aromatic carbocycles. The molecule has 7 heteroatoms. The highest BCUT2D eigenvalue weighted by Gasteiger charge is 2.10. The van der Waals surface area contributed by atoms with Crippen molar-refractivity contribution in [2.24, 2.45) is 0 Å². The molecule has 0 fully saturated rings. The number of anilines is 1. The maximum atomic E-state index is 12.4. The summed E-state index contributed by atoms with van der Waals surface area (Å²) >= 11 is 0. The second kappa shape index (κ2) is 8.65. The van der Waals surface area contributed by atoms with Crippen LogP contribution in [0.3, 0.4) is 0 Å². The zero-order chi connectivity index (χ0) is 20.9. The topological polar surface area (TPSA) is 93.0 Å². The highest BCUT2D eigenvalue weighted by atomic mass is 16.5. The summed E-state index contributed by atoms with van der Waals surface area (Å²) in [6, 6.07) is 17.0. The number of hydrogen-bond acceptors (Lipinski definition) is 5. The minimum atomic E-state index is -0.0823. The lowest BCUT2D eigenvalue weighted by Crippen LogP contribution is -2.14. The Hall–Kier alpha value is -3.87. The summed E-state index contributed by atoms with van der Waals surface area (Å²) in [7, 11) is 0. The van der Waals surface area contributed by atoms with Crippen molar-refractivity contribution < 1.29 is 14.1 Å². The fourth-order valence-electron chi connectivity index (χ4n) is 3.14. The molecule has 1 amide bonds. The van der Waals surface area contributed by atoms with E-state index in [2.05, 4.69) is 20.7 Å². The van der Waals surface area contributed by atoms with Crippen LogP contribution < -0.4 is 10.1 Å². The van der Waals surface area contributed by atoms with Crippen molar-refractivity contribution in [1.82, 2.24) is 15.4 Å². The van der Waals surface area contributed by atoms with Crippen molar-refractivity contribution in [3.63, 3.8) is 0 Å². The number of rotatable bonds is 7. The van der Waals surface area contributed by atoms with E-state index in [1.807, 2.05) is 68.4 Å². The van der Waals surface area contributed by atoms with E-state index >= 15 is 0 Å². The van der Waals surface area contributed by atoms with Crippen LogP contribution in [0.25, 0.3) is 11.3 Å². The minimum absolute atomic E-state index is 0.0823. The van der Waals surface area contributed by atoms with Gasteiger partial charge in [-0.05, 0) is 49.7 Å². The van der Waals surface area contributed by atoms with Crippen molar-refractivity contribution >= 4 is 11.6 Å². The maximum Gasteiger partial charge on any atom is 0.228 e. The second-order valence-corrected chi connectivity index (χ2v) is 7.01. The molecule has 4 rings (SSSR count). The highest BCUT2D eigenvalue weighted by molar-refractivity contribution is 5.92. The molecular formula is C23H22N4O3. The van der Waals surface area contributed by atoms with Crippen molar-refractivity contribution in [3.8, 4) is 17.0 Å². The summed E-state index contributed by atoms with van der Waals surface area (Å²) in [6.07, 6.45) is 1.97. The van der Waals surface area contributed by atoms with Gasteiger partial charge in [-0.25, -0.2) is 0 Å². The lowest BCUT2D eigenvalue weighted by atomic mass is 10.1. The van der Waals surface area contributed by atoms with Crippen molar-refractivity contribution in [2.45, 2.75) is 26.9 Å². The third-order valence-electron chi connectivity index (χ3n) is 4.81. The van der Waals surface area contributed by atoms with Gasteiger partial charge in [-0.15, -0.1) is 0 Å². The van der Waals surface area contributed by atoms with E-state index in [-0.39, 0.29) is 12.3 Å². The van der Waals surface area contributed by atoms with Crippen LogP contribution in [0.1, 0.15) is 22.6 Å². The number of carbonyl (C=O) groups is 1. The van der Waals surface area contributed by atoms with E-state index in [1.165, 1.54) is 0 Å². The smallest absolute Gasteiger partial charge is 0.228 e. The molecule has 0 atom stereocenters. The molecule has 7 nitrogen and oxygen atoms in total. The zero-order valence-corrected chi connectivity index (χ0v) is 16.8. The predicted molar refractivity (Wildman–Crippen MR) is 113 cm³/mol. The molecule has 2 heterocycles. The lowest BCUT2D eigenvalue weighted by Gasteiger charge is -2.09. The average molecular weight is 402 g/mol. The number of benzene rings is 2. The monoisotopic (exact) mass is 402 g/mol. The molecule has 0 aliphatic carbocycles. The van der Waals surface area contributed by atoms with E-state index in [0.717, 1.165) is 45.3 Å². The predicted octanol–water partition coefficient (Wildman–Crippen LogP) is 4.44. The fourth-order valence-corrected chi connectivity index (χ4v) is 3.14. The van der Waals surface area contributed by atoms with Crippen molar-refractivity contribution in [1.29, 1.82) is 0 Å². The SMILES string of the molecule is Cc1noc(C)c1COc1ccc(CC(=O)Nc2cccc(-c3ccn[nH]3)c2)cc1. The van der Waals surface area contributed by atoms with E-state index in [0.29, 0.717) is 6.61 Å². The molecule has 2 N–H and O–H groups in total. The molecule has 4 aromatic rings. The molecule has 0 unspecified atom stereocenters. The number of hydrogen-bond donors (Lipinski definition) is 2. The molecule has 0 radical (unpaired) electrons. The quantitative estimate of drug-likeness (QED) is 0.477. The first kappa shape index (κ1) is 19.4. The first-order valence-electron chi connectivity index (χ1n) is 9.61. The molecule has 30 heavy (non-hydrogen) atoms. The molecule has 2 aromatic heterocycles. The van der Waals surface area contributed by atoms with Gasteiger partial charge in [0, 0.05) is 17.4 Å². The molecule has 0 saturated carbocycles. The normalized spacial score (nSPS) is 10.7. The first-order chi connectivity index (χ1) is 14.6. The van der Waals surface area contributed by atoms with E-state index in [9.17, 15) is 4.79 Å². The Balaban J connectivity index is 1.33. The summed E-state index contributed by atoms with van der Waals surface area (Å²) in [4.78, 5) is 12.4. The van der Waals surface area contributed by atoms with Gasteiger partial charge in [-0.1, -0.05) is 29.4 Å². The number of aromatic amines is 1. The van der Waals surface area contributed by atoms with Gasteiger partial charge in [-0.2, -0.15) is 5.10 Å². The highest BCUT2D eigenvalue weighted by Crippen LogP contribution is 2.21. The number of nitrogens with one attached hydrogen (secondary N) is 2. The van der Waals surface area contributed by atoms with Gasteiger partial charge >= 0.3 is 0 Å². The maximum absolute atomic E-state index is 12.4. The van der Waals surface area contributed by atoms with Crippen LogP contribution in [0.4, 0.5) is 5.69 Å². The van der Waals surface area contributed by atoms with Crippen molar-refractivity contribution in [2.75, 3.05) is 5.32 Å². The Morgan fingerprint density at radius 1 is 1.13 bits per heavy atom. The fraction of sp³-hybridized carbons (Fsp3) is 0.174. The number of aryl methyl sites for hydroxylation is 2. The Morgan fingerprint density at radius 3 is 2.67 bits per heavy atom. The summed E-state index contributed by atoms with van der Waals surface area (Å²) in [5, 5.41) is 13.7. The number of aromatic nitrogens is 3. The van der Waals surface area contributed by atoms with Gasteiger partial charge in [0.1, 0.15) is 18.1 Å². The Kier molecular flexibility index (Phi) is 5.61. The molecule has 0 aliphatic rings. The van der Waals surface area contributed by atoms with Crippen LogP contribution in [-0.2, 0) is 17.8 Å². The number of amides is 1. The van der Waals surface area contributed by atoms with Gasteiger partial charge in [0.2, 0.25) is 5.91 Å². The molecule has 152 valence electrons. The van der Waals surface area contributed by atoms with Crippen LogP contribution in [0.5, 0.6) is 5.75 Å². The lowest BCUT2D eigenvalue weighted by molar-refractivity contribution is -0.115. The molecule has 0 bridgehead atoms. The standard InChI is InChI=1S/C23H22N4O3/c1-15-21(16(2)30-27-15)14-29-20-8-6-17(7-9-20)12-23(28)25-19-5-3-4-18(13-19)22-10-11-24-26-22/h3-11,13H,12,14H2,1-2H3,(H,24,26)(H,25,28). The summed E-state index contributed by atoms with van der Waals surface area (Å²) in [6.45, 7) is 4.15. The minimum Gasteiger partial charge on any atom is -0.489 e. The van der Waals surface area contributed by atoms with E-state index in [1.54, 1.807) is 6.20 Å². The summed E-state index contributed by atoms with van der Waals surface area (Å²) < 4.78 is 11.0. The van der Waals surface area contributed by atoms with Crippen LogP contribution in [0.2, 0.25) is 0 Å². The third-order valence-corrected chi connectivity index (χ3v) is 4.81. The largest absolute Gasteiger partial charge is 0.489 e. The average Bonchev–Trinajstić information content (AvgIpc) is 3.38. The van der Waals surface area contributed by atoms with E-state index in [4.69, 9.17) is 9.26 Å². The molecule has 0 spiro atoms. The third kappa shape index (κ3) is 4.57. The number of H-pyrrole nitrogens is 1. The van der Waals surface area contributed by atoms with Gasteiger partial charge in [0.25, 0.3) is 0 Å². The number of carbonyl (C=O) groups excluding carboxylic acids is 1. The zero-order valence-electron chi connectivity index (χ0n) is 16.8. The second-order valence-electron chi connectivity index (χ2n) is 7.01. The Labute approximate surface area is 174 Å². The summed E-state index contributed by atoms with van der Waals surface area (Å²) in [5.41, 5.74) is 5.30. The molecule has 0 aliphatic heterocycles. The molecule has 0 saturated heterocycles. The van der Waals surface area contributed by atoms with Gasteiger partial charge in [-0.3, -0.25) is 9.89 Å². The molecular weight excluding hydrogens is 380 g/mol. The Bertz CT molecular complexity index is 1110.